The maximum Gasteiger partial charge on any atom is 0.237 e. The van der Waals surface area contributed by atoms with Crippen LogP contribution in [0.2, 0.25) is 0 Å². The lowest BCUT2D eigenvalue weighted by Crippen LogP contribution is -2.48. The van der Waals surface area contributed by atoms with E-state index in [1.54, 1.807) is 14.0 Å². The molecule has 0 heterocycles. The van der Waals surface area contributed by atoms with Crippen molar-refractivity contribution < 1.29 is 9.59 Å². The average molecular weight is 241 g/mol. The fourth-order valence-electron chi connectivity index (χ4n) is 2.00. The van der Waals surface area contributed by atoms with Gasteiger partial charge in [-0.1, -0.05) is 19.3 Å². The van der Waals surface area contributed by atoms with Gasteiger partial charge in [-0.25, -0.2) is 0 Å². The van der Waals surface area contributed by atoms with Crippen molar-refractivity contribution in [1.29, 1.82) is 0 Å². The van der Waals surface area contributed by atoms with Gasteiger partial charge < -0.3 is 10.6 Å². The number of nitrogens with one attached hydrogen (secondary N) is 3. The number of hydrogen-bond acceptors (Lipinski definition) is 3. The van der Waals surface area contributed by atoms with Crippen molar-refractivity contribution in [3.8, 4) is 0 Å². The van der Waals surface area contributed by atoms with E-state index in [-0.39, 0.29) is 24.4 Å². The summed E-state index contributed by atoms with van der Waals surface area (Å²) in [4.78, 5) is 22.8. The summed E-state index contributed by atoms with van der Waals surface area (Å²) in [5, 5.41) is 8.43. The molecule has 1 unspecified atom stereocenters. The molecule has 2 amide bonds. The molecule has 0 aromatic carbocycles. The second kappa shape index (κ2) is 7.27. The first kappa shape index (κ1) is 14.0. The fraction of sp³-hybridized carbons (Fsp3) is 0.833. The van der Waals surface area contributed by atoms with Gasteiger partial charge in [-0.15, -0.1) is 0 Å². The van der Waals surface area contributed by atoms with Gasteiger partial charge in [0, 0.05) is 13.1 Å². The van der Waals surface area contributed by atoms with E-state index < -0.39 is 0 Å². The van der Waals surface area contributed by atoms with Gasteiger partial charge in [0.05, 0.1) is 12.6 Å². The van der Waals surface area contributed by atoms with Crippen LogP contribution < -0.4 is 16.0 Å². The number of carbonyl (C=O) groups excluding carboxylic acids is 2. The standard InChI is InChI=1S/C12H23N3O2/c1-9(14-8-11(16)13-2)12(17)15-10-6-4-3-5-7-10/h9-10,14H,3-8H2,1-2H3,(H,13,16)(H,15,17). The Labute approximate surface area is 103 Å². The Morgan fingerprint density at radius 1 is 1.24 bits per heavy atom. The van der Waals surface area contributed by atoms with Crippen LogP contribution in [0.1, 0.15) is 39.0 Å². The fourth-order valence-corrected chi connectivity index (χ4v) is 2.00. The molecule has 3 N–H and O–H groups in total. The van der Waals surface area contributed by atoms with Crippen molar-refractivity contribution in [3.63, 3.8) is 0 Å². The second-order valence-corrected chi connectivity index (χ2v) is 4.62. The highest BCUT2D eigenvalue weighted by Crippen LogP contribution is 2.17. The first-order valence-corrected chi connectivity index (χ1v) is 6.38. The van der Waals surface area contributed by atoms with Gasteiger partial charge in [-0.3, -0.25) is 14.9 Å². The number of amides is 2. The zero-order valence-electron chi connectivity index (χ0n) is 10.7. The molecular formula is C12H23N3O2. The molecule has 0 bridgehead atoms. The first-order valence-electron chi connectivity index (χ1n) is 6.38. The van der Waals surface area contributed by atoms with Crippen LogP contribution in [0.5, 0.6) is 0 Å². The van der Waals surface area contributed by atoms with Crippen molar-refractivity contribution in [2.75, 3.05) is 13.6 Å². The zero-order chi connectivity index (χ0) is 12.7. The summed E-state index contributed by atoms with van der Waals surface area (Å²) in [7, 11) is 1.58. The predicted octanol–water partition coefficient (Wildman–Crippen LogP) is 0.159. The third kappa shape index (κ3) is 5.17. The van der Waals surface area contributed by atoms with Gasteiger partial charge in [0.1, 0.15) is 0 Å². The molecule has 1 fully saturated rings. The Kier molecular flexibility index (Phi) is 5.97. The van der Waals surface area contributed by atoms with Crippen molar-refractivity contribution in [3.05, 3.63) is 0 Å². The maximum atomic E-state index is 11.8. The molecule has 17 heavy (non-hydrogen) atoms. The highest BCUT2D eigenvalue weighted by molar-refractivity contribution is 5.83. The van der Waals surface area contributed by atoms with E-state index in [1.165, 1.54) is 19.3 Å². The van der Waals surface area contributed by atoms with Crippen molar-refractivity contribution in [1.82, 2.24) is 16.0 Å². The van der Waals surface area contributed by atoms with Crippen LogP contribution in [-0.4, -0.2) is 37.5 Å². The monoisotopic (exact) mass is 241 g/mol. The molecule has 1 atom stereocenters. The topological polar surface area (TPSA) is 70.2 Å². The lowest BCUT2D eigenvalue weighted by Gasteiger charge is -2.24. The number of likely N-dealkylation sites (N-methyl/N-ethyl adjacent to an activating group) is 1. The number of hydrogen-bond donors (Lipinski definition) is 3. The smallest absolute Gasteiger partial charge is 0.237 e. The summed E-state index contributed by atoms with van der Waals surface area (Å²) >= 11 is 0. The SMILES string of the molecule is CNC(=O)CNC(C)C(=O)NC1CCCCC1. The Bertz CT molecular complexity index is 262. The molecule has 1 aliphatic carbocycles. The summed E-state index contributed by atoms with van der Waals surface area (Å²) in [6.07, 6.45) is 5.83. The summed E-state index contributed by atoms with van der Waals surface area (Å²) in [6.45, 7) is 1.96. The Balaban J connectivity index is 2.23. The van der Waals surface area contributed by atoms with Crippen molar-refractivity contribution >= 4 is 11.8 Å². The molecule has 98 valence electrons. The summed E-state index contributed by atoms with van der Waals surface area (Å²) in [6, 6.07) is -0.00488. The Morgan fingerprint density at radius 3 is 2.47 bits per heavy atom. The van der Waals surface area contributed by atoms with E-state index in [0.29, 0.717) is 6.04 Å². The Morgan fingerprint density at radius 2 is 1.88 bits per heavy atom. The molecule has 0 aromatic heterocycles. The second-order valence-electron chi connectivity index (χ2n) is 4.62. The third-order valence-electron chi connectivity index (χ3n) is 3.19. The van der Waals surface area contributed by atoms with Crippen LogP contribution in [0.25, 0.3) is 0 Å². The van der Waals surface area contributed by atoms with Gasteiger partial charge in [-0.2, -0.15) is 0 Å². The van der Waals surface area contributed by atoms with E-state index in [1.807, 2.05) is 0 Å². The lowest BCUT2D eigenvalue weighted by molar-refractivity contribution is -0.124. The van der Waals surface area contributed by atoms with Gasteiger partial charge in [0.25, 0.3) is 0 Å². The van der Waals surface area contributed by atoms with Crippen molar-refractivity contribution in [2.24, 2.45) is 0 Å². The van der Waals surface area contributed by atoms with Crippen molar-refractivity contribution in [2.45, 2.75) is 51.1 Å². The number of rotatable bonds is 5. The molecule has 5 nitrogen and oxygen atoms in total. The number of carbonyl (C=O) groups is 2. The summed E-state index contributed by atoms with van der Waals surface area (Å²) in [5.41, 5.74) is 0. The van der Waals surface area contributed by atoms with Gasteiger partial charge in [-0.05, 0) is 19.8 Å². The third-order valence-corrected chi connectivity index (χ3v) is 3.19. The van der Waals surface area contributed by atoms with Crippen LogP contribution in [0.3, 0.4) is 0 Å². The van der Waals surface area contributed by atoms with Crippen LogP contribution in [0.15, 0.2) is 0 Å². The quantitative estimate of drug-likeness (QED) is 0.642. The molecule has 5 heteroatoms. The van der Waals surface area contributed by atoms with Crippen LogP contribution >= 0.6 is 0 Å². The molecule has 0 radical (unpaired) electrons. The largest absolute Gasteiger partial charge is 0.358 e. The Hall–Kier alpha value is -1.10. The van der Waals surface area contributed by atoms with E-state index in [9.17, 15) is 9.59 Å². The summed E-state index contributed by atoms with van der Waals surface area (Å²) in [5.74, 6) is -0.122. The molecule has 0 aromatic rings. The molecule has 0 saturated heterocycles. The van der Waals surface area contributed by atoms with Gasteiger partial charge in [0.2, 0.25) is 11.8 Å². The minimum absolute atomic E-state index is 0.0131. The molecular weight excluding hydrogens is 218 g/mol. The first-order chi connectivity index (χ1) is 8.13. The van der Waals surface area contributed by atoms with Gasteiger partial charge in [0.15, 0.2) is 0 Å². The van der Waals surface area contributed by atoms with Crippen LogP contribution in [0.4, 0.5) is 0 Å². The lowest BCUT2D eigenvalue weighted by atomic mass is 9.95. The maximum absolute atomic E-state index is 11.8. The average Bonchev–Trinajstić information content (AvgIpc) is 2.36. The van der Waals surface area contributed by atoms with E-state index >= 15 is 0 Å². The highest BCUT2D eigenvalue weighted by Gasteiger charge is 2.19. The van der Waals surface area contributed by atoms with Crippen LogP contribution in [0, 0.1) is 0 Å². The minimum atomic E-state index is -0.325. The molecule has 0 spiro atoms. The van der Waals surface area contributed by atoms with E-state index in [0.717, 1.165) is 12.8 Å². The summed E-state index contributed by atoms with van der Waals surface area (Å²) < 4.78 is 0. The molecule has 1 rings (SSSR count). The predicted molar refractivity (Wildman–Crippen MR) is 66.5 cm³/mol. The van der Waals surface area contributed by atoms with E-state index in [2.05, 4.69) is 16.0 Å². The van der Waals surface area contributed by atoms with Crippen LogP contribution in [-0.2, 0) is 9.59 Å². The van der Waals surface area contributed by atoms with Gasteiger partial charge >= 0.3 is 0 Å². The molecule has 0 aliphatic heterocycles. The molecule has 1 aliphatic rings. The van der Waals surface area contributed by atoms with E-state index in [4.69, 9.17) is 0 Å². The minimum Gasteiger partial charge on any atom is -0.358 e. The normalized spacial score (nSPS) is 18.5. The highest BCUT2D eigenvalue weighted by atomic mass is 16.2. The molecule has 1 saturated carbocycles. The zero-order valence-corrected chi connectivity index (χ0v) is 10.7.